The number of halogens is 2. The molecule has 1 amide bonds. The van der Waals surface area contributed by atoms with Crippen LogP contribution in [0.1, 0.15) is 37.9 Å². The van der Waals surface area contributed by atoms with E-state index < -0.39 is 23.8 Å². The van der Waals surface area contributed by atoms with Crippen LogP contribution in [0.3, 0.4) is 0 Å². The first-order chi connectivity index (χ1) is 13.3. The molecule has 6 nitrogen and oxygen atoms in total. The van der Waals surface area contributed by atoms with E-state index in [0.29, 0.717) is 23.0 Å². The number of hydrogen-bond donors (Lipinski definition) is 1. The third-order valence-corrected chi connectivity index (χ3v) is 4.37. The van der Waals surface area contributed by atoms with E-state index in [-0.39, 0.29) is 5.69 Å². The van der Waals surface area contributed by atoms with Crippen LogP contribution in [0.2, 0.25) is 5.15 Å². The molecular formula is C20H23ClFN3O3. The van der Waals surface area contributed by atoms with E-state index in [1.165, 1.54) is 43.3 Å². The first-order valence-electron chi connectivity index (χ1n) is 8.99. The van der Waals surface area contributed by atoms with Crippen LogP contribution in [0.25, 0.3) is 6.08 Å². The molecule has 1 atom stereocenters. The highest BCUT2D eigenvalue weighted by molar-refractivity contribution is 6.31. The Labute approximate surface area is 168 Å². The highest BCUT2D eigenvalue weighted by Crippen LogP contribution is 2.22. The number of esters is 1. The van der Waals surface area contributed by atoms with Crippen molar-refractivity contribution in [3.8, 4) is 0 Å². The Morgan fingerprint density at radius 1 is 1.43 bits per heavy atom. The molecule has 1 N–H and O–H groups in total. The van der Waals surface area contributed by atoms with Gasteiger partial charge in [-0.05, 0) is 44.5 Å². The van der Waals surface area contributed by atoms with E-state index in [0.717, 1.165) is 12.8 Å². The third kappa shape index (κ3) is 5.92. The number of aromatic nitrogens is 2. The van der Waals surface area contributed by atoms with Crippen LogP contribution in [0, 0.1) is 12.7 Å². The monoisotopic (exact) mass is 407 g/mol. The van der Waals surface area contributed by atoms with Crippen LogP contribution in [0.4, 0.5) is 10.1 Å². The number of anilines is 1. The number of aryl methyl sites for hydroxylation is 2. The van der Waals surface area contributed by atoms with Gasteiger partial charge in [0.05, 0.1) is 5.69 Å². The lowest BCUT2D eigenvalue weighted by molar-refractivity contribution is -0.148. The summed E-state index contributed by atoms with van der Waals surface area (Å²) >= 11 is 6.31. The summed E-state index contributed by atoms with van der Waals surface area (Å²) in [6.45, 7) is 6.01. The molecule has 8 heteroatoms. The van der Waals surface area contributed by atoms with Gasteiger partial charge in [-0.25, -0.2) is 9.18 Å². The fraction of sp³-hybridized carbons (Fsp3) is 0.350. The fourth-order valence-electron chi connectivity index (χ4n) is 2.44. The van der Waals surface area contributed by atoms with Crippen molar-refractivity contribution in [1.82, 2.24) is 9.78 Å². The second-order valence-electron chi connectivity index (χ2n) is 6.28. The first kappa shape index (κ1) is 21.6. The Kier molecular flexibility index (Phi) is 7.75. The number of ether oxygens (including phenoxy) is 1. The highest BCUT2D eigenvalue weighted by Gasteiger charge is 2.17. The lowest BCUT2D eigenvalue weighted by Gasteiger charge is -2.12. The fourth-order valence-corrected chi connectivity index (χ4v) is 2.76. The molecule has 2 aromatic rings. The zero-order valence-electron chi connectivity index (χ0n) is 16.0. The van der Waals surface area contributed by atoms with Crippen molar-refractivity contribution in [1.29, 1.82) is 0 Å². The maximum absolute atomic E-state index is 13.2. The summed E-state index contributed by atoms with van der Waals surface area (Å²) in [6.07, 6.45) is 3.63. The zero-order chi connectivity index (χ0) is 20.7. The smallest absolute Gasteiger partial charge is 0.331 e. The van der Waals surface area contributed by atoms with Crippen molar-refractivity contribution in [3.05, 3.63) is 52.6 Å². The highest BCUT2D eigenvalue weighted by atomic mass is 35.5. The number of hydrogen-bond acceptors (Lipinski definition) is 4. The molecule has 1 heterocycles. The summed E-state index contributed by atoms with van der Waals surface area (Å²) in [5.74, 6) is -1.73. The minimum Gasteiger partial charge on any atom is -0.449 e. The summed E-state index contributed by atoms with van der Waals surface area (Å²) in [6, 6.07) is 5.45. The lowest BCUT2D eigenvalue weighted by Crippen LogP contribution is -2.29. The van der Waals surface area contributed by atoms with E-state index in [1.807, 2.05) is 0 Å². The van der Waals surface area contributed by atoms with Crippen molar-refractivity contribution in [2.45, 2.75) is 46.3 Å². The van der Waals surface area contributed by atoms with Crippen LogP contribution in [0.5, 0.6) is 0 Å². The van der Waals surface area contributed by atoms with Gasteiger partial charge in [-0.2, -0.15) is 5.10 Å². The van der Waals surface area contributed by atoms with Crippen molar-refractivity contribution in [2.24, 2.45) is 0 Å². The van der Waals surface area contributed by atoms with Gasteiger partial charge in [-0.1, -0.05) is 31.0 Å². The SMILES string of the molecule is CCCCn1nc(C)c(/C=C/C(=O)O[C@H](C)C(=O)Nc2cccc(F)c2)c1Cl. The number of nitrogens with zero attached hydrogens (tertiary/aromatic N) is 2. The quantitative estimate of drug-likeness (QED) is 0.521. The molecule has 0 fully saturated rings. The van der Waals surface area contributed by atoms with E-state index in [1.54, 1.807) is 11.6 Å². The number of carbonyl (C=O) groups excluding carboxylic acids is 2. The normalized spacial score (nSPS) is 12.2. The Morgan fingerprint density at radius 2 is 2.18 bits per heavy atom. The summed E-state index contributed by atoms with van der Waals surface area (Å²) in [7, 11) is 0. The summed E-state index contributed by atoms with van der Waals surface area (Å²) in [5.41, 5.74) is 1.61. The van der Waals surface area contributed by atoms with Gasteiger partial charge in [0.15, 0.2) is 6.10 Å². The molecular weight excluding hydrogens is 385 g/mol. The molecule has 0 bridgehead atoms. The number of unbranched alkanes of at least 4 members (excludes halogenated alkanes) is 1. The number of rotatable bonds is 8. The molecule has 0 aliphatic carbocycles. The van der Waals surface area contributed by atoms with Crippen molar-refractivity contribution in [2.75, 3.05) is 5.32 Å². The summed E-state index contributed by atoms with van der Waals surface area (Å²) < 4.78 is 19.9. The van der Waals surface area contributed by atoms with E-state index in [4.69, 9.17) is 16.3 Å². The molecule has 0 aliphatic heterocycles. The minimum absolute atomic E-state index is 0.283. The predicted molar refractivity (Wildman–Crippen MR) is 106 cm³/mol. The van der Waals surface area contributed by atoms with Crippen LogP contribution < -0.4 is 5.32 Å². The Hall–Kier alpha value is -2.67. The third-order valence-electron chi connectivity index (χ3n) is 3.97. The van der Waals surface area contributed by atoms with Crippen molar-refractivity contribution < 1.29 is 18.7 Å². The minimum atomic E-state index is -1.05. The van der Waals surface area contributed by atoms with Crippen LogP contribution in [-0.4, -0.2) is 27.8 Å². The average molecular weight is 408 g/mol. The molecule has 0 radical (unpaired) electrons. The molecule has 0 saturated carbocycles. The summed E-state index contributed by atoms with van der Waals surface area (Å²) in [5, 5.41) is 7.29. The largest absolute Gasteiger partial charge is 0.449 e. The topological polar surface area (TPSA) is 73.2 Å². The molecule has 28 heavy (non-hydrogen) atoms. The number of carbonyl (C=O) groups is 2. The van der Waals surface area contributed by atoms with Gasteiger partial charge >= 0.3 is 5.97 Å². The number of amides is 1. The number of benzene rings is 1. The molecule has 0 saturated heterocycles. The first-order valence-corrected chi connectivity index (χ1v) is 9.37. The second-order valence-corrected chi connectivity index (χ2v) is 6.64. The van der Waals surface area contributed by atoms with Gasteiger partial charge in [0.2, 0.25) is 0 Å². The van der Waals surface area contributed by atoms with Crippen LogP contribution in [-0.2, 0) is 20.9 Å². The van der Waals surface area contributed by atoms with Crippen LogP contribution >= 0.6 is 11.6 Å². The van der Waals surface area contributed by atoms with Crippen molar-refractivity contribution >= 4 is 35.2 Å². The Balaban J connectivity index is 1.95. The molecule has 0 unspecified atom stereocenters. The standard InChI is InChI=1S/C20H23ClFN3O3/c1-4-5-11-25-19(21)17(13(2)24-25)9-10-18(26)28-14(3)20(27)23-16-8-6-7-15(22)12-16/h6-10,12,14H,4-5,11H2,1-3H3,(H,23,27)/b10-9+/t14-/m1/s1. The predicted octanol–water partition coefficient (Wildman–Crippen LogP) is 4.37. The molecule has 0 spiro atoms. The average Bonchev–Trinajstić information content (AvgIpc) is 2.91. The zero-order valence-corrected chi connectivity index (χ0v) is 16.8. The van der Waals surface area contributed by atoms with Gasteiger partial charge in [-0.15, -0.1) is 0 Å². The number of nitrogens with one attached hydrogen (secondary N) is 1. The molecule has 1 aromatic carbocycles. The van der Waals surface area contributed by atoms with E-state index >= 15 is 0 Å². The van der Waals surface area contributed by atoms with Crippen LogP contribution in [0.15, 0.2) is 30.3 Å². The molecule has 1 aromatic heterocycles. The van der Waals surface area contributed by atoms with Gasteiger partial charge in [0.1, 0.15) is 11.0 Å². The maximum Gasteiger partial charge on any atom is 0.331 e. The van der Waals surface area contributed by atoms with Gasteiger partial charge in [-0.3, -0.25) is 9.48 Å². The van der Waals surface area contributed by atoms with Gasteiger partial charge in [0, 0.05) is 23.9 Å². The molecule has 0 aliphatic rings. The Morgan fingerprint density at radius 3 is 2.86 bits per heavy atom. The Bertz CT molecular complexity index is 880. The van der Waals surface area contributed by atoms with E-state index in [2.05, 4.69) is 17.3 Å². The van der Waals surface area contributed by atoms with Crippen molar-refractivity contribution in [3.63, 3.8) is 0 Å². The molecule has 150 valence electrons. The van der Waals surface area contributed by atoms with Gasteiger partial charge < -0.3 is 10.1 Å². The lowest BCUT2D eigenvalue weighted by atomic mass is 10.2. The molecule has 2 rings (SSSR count). The second kappa shape index (κ2) is 10.0. The summed E-state index contributed by atoms with van der Waals surface area (Å²) in [4.78, 5) is 24.1. The maximum atomic E-state index is 13.2. The van der Waals surface area contributed by atoms with E-state index in [9.17, 15) is 14.0 Å². The van der Waals surface area contributed by atoms with Gasteiger partial charge in [0.25, 0.3) is 5.91 Å².